The molecule has 0 aromatic rings. The first-order valence-corrected chi connectivity index (χ1v) is 5.96. The lowest BCUT2D eigenvalue weighted by Gasteiger charge is -2.31. The minimum Gasteiger partial charge on any atom is -0.368 e. The van der Waals surface area contributed by atoms with Gasteiger partial charge in [0.2, 0.25) is 5.91 Å². The molecule has 1 unspecified atom stereocenters. The van der Waals surface area contributed by atoms with E-state index in [0.29, 0.717) is 12.3 Å². The average molecular weight is 232 g/mol. The van der Waals surface area contributed by atoms with Gasteiger partial charge < -0.3 is 11.1 Å². The smallest absolute Gasteiger partial charge is 0.235 e. The van der Waals surface area contributed by atoms with Crippen LogP contribution in [0.1, 0.15) is 27.7 Å². The Balaban J connectivity index is 4.48. The molecule has 0 heterocycles. The Morgan fingerprint density at radius 3 is 2.33 bits per heavy atom. The molecular formula is C10H20N2O2S. The van der Waals surface area contributed by atoms with Crippen molar-refractivity contribution >= 4 is 23.5 Å². The Morgan fingerprint density at radius 2 is 2.00 bits per heavy atom. The Bertz CT molecular complexity index is 242. The van der Waals surface area contributed by atoms with E-state index in [1.807, 2.05) is 20.8 Å². The summed E-state index contributed by atoms with van der Waals surface area (Å²) >= 11 is 1.45. The van der Waals surface area contributed by atoms with Crippen LogP contribution in [0, 0.1) is 0 Å². The standard InChI is InChI=1S/C10H20N2O2S/c1-5-12-8(9(11)14)10(3,4)15-6-7(2)13/h8,12H,5-6H2,1-4H3,(H2,11,14). The number of hydrogen-bond donors (Lipinski definition) is 2. The van der Waals surface area contributed by atoms with Crippen molar-refractivity contribution in [3.05, 3.63) is 0 Å². The molecule has 0 aliphatic rings. The van der Waals surface area contributed by atoms with Crippen LogP contribution in [0.4, 0.5) is 0 Å². The molecule has 0 aromatic heterocycles. The van der Waals surface area contributed by atoms with Gasteiger partial charge in [0.1, 0.15) is 11.8 Å². The zero-order chi connectivity index (χ0) is 12.1. The first-order chi connectivity index (χ1) is 6.81. The first kappa shape index (κ1) is 14.5. The summed E-state index contributed by atoms with van der Waals surface area (Å²) in [6, 6.07) is -0.410. The number of rotatable bonds is 7. The van der Waals surface area contributed by atoms with Crippen LogP contribution in [-0.4, -0.2) is 34.8 Å². The van der Waals surface area contributed by atoms with Gasteiger partial charge in [-0.25, -0.2) is 0 Å². The summed E-state index contributed by atoms with van der Waals surface area (Å²) in [6.07, 6.45) is 0. The third-order valence-electron chi connectivity index (χ3n) is 2.04. The molecule has 1 amide bonds. The molecule has 0 saturated heterocycles. The van der Waals surface area contributed by atoms with Gasteiger partial charge >= 0.3 is 0 Å². The van der Waals surface area contributed by atoms with Crippen molar-refractivity contribution in [2.45, 2.75) is 38.5 Å². The third kappa shape index (κ3) is 5.18. The second-order valence-electron chi connectivity index (χ2n) is 3.99. The van der Waals surface area contributed by atoms with Gasteiger partial charge in [0.05, 0.1) is 5.75 Å². The van der Waals surface area contributed by atoms with Gasteiger partial charge in [-0.2, -0.15) is 0 Å². The predicted molar refractivity (Wildman–Crippen MR) is 63.9 cm³/mol. The van der Waals surface area contributed by atoms with E-state index in [0.717, 1.165) is 0 Å². The van der Waals surface area contributed by atoms with Crippen LogP contribution in [-0.2, 0) is 9.59 Å². The van der Waals surface area contributed by atoms with E-state index in [4.69, 9.17) is 5.73 Å². The highest BCUT2D eigenvalue weighted by Crippen LogP contribution is 2.28. The zero-order valence-corrected chi connectivity index (χ0v) is 10.6. The summed E-state index contributed by atoms with van der Waals surface area (Å²) in [5, 5.41) is 3.04. The number of carbonyl (C=O) groups excluding carboxylic acids is 2. The molecule has 0 aliphatic heterocycles. The molecule has 0 aliphatic carbocycles. The Hall–Kier alpha value is -0.550. The lowest BCUT2D eigenvalue weighted by Crippen LogP contribution is -2.53. The number of carbonyl (C=O) groups is 2. The molecule has 88 valence electrons. The van der Waals surface area contributed by atoms with Gasteiger partial charge in [-0.1, -0.05) is 6.92 Å². The fraction of sp³-hybridized carbons (Fsp3) is 0.800. The number of primary amides is 1. The summed E-state index contributed by atoms with van der Waals surface area (Å²) in [6.45, 7) is 7.96. The number of likely N-dealkylation sites (N-methyl/N-ethyl adjacent to an activating group) is 1. The maximum absolute atomic E-state index is 11.2. The van der Waals surface area contributed by atoms with Crippen molar-refractivity contribution in [1.29, 1.82) is 0 Å². The number of thioether (sulfide) groups is 1. The molecule has 3 N–H and O–H groups in total. The maximum atomic E-state index is 11.2. The molecule has 0 radical (unpaired) electrons. The third-order valence-corrected chi connectivity index (χ3v) is 3.57. The number of hydrogen-bond acceptors (Lipinski definition) is 4. The van der Waals surface area contributed by atoms with Crippen LogP contribution in [0.25, 0.3) is 0 Å². The monoisotopic (exact) mass is 232 g/mol. The van der Waals surface area contributed by atoms with Crippen molar-refractivity contribution in [2.24, 2.45) is 5.73 Å². The molecule has 15 heavy (non-hydrogen) atoms. The normalized spacial score (nSPS) is 13.6. The van der Waals surface area contributed by atoms with Gasteiger partial charge in [0.15, 0.2) is 0 Å². The Labute approximate surface area is 95.4 Å². The van der Waals surface area contributed by atoms with Crippen LogP contribution >= 0.6 is 11.8 Å². The summed E-state index contributed by atoms with van der Waals surface area (Å²) in [5.74, 6) is 0.132. The highest BCUT2D eigenvalue weighted by Gasteiger charge is 2.33. The second-order valence-corrected chi connectivity index (χ2v) is 5.62. The lowest BCUT2D eigenvalue weighted by atomic mass is 10.0. The largest absolute Gasteiger partial charge is 0.368 e. The van der Waals surface area contributed by atoms with Crippen LogP contribution in [0.5, 0.6) is 0 Å². The molecule has 0 saturated carbocycles. The van der Waals surface area contributed by atoms with Crippen LogP contribution < -0.4 is 11.1 Å². The molecule has 5 heteroatoms. The summed E-state index contributed by atoms with van der Waals surface area (Å²) < 4.78 is -0.368. The SMILES string of the molecule is CCNC(C(N)=O)C(C)(C)SCC(C)=O. The van der Waals surface area contributed by atoms with Gasteiger partial charge in [-0.05, 0) is 27.3 Å². The quantitative estimate of drug-likeness (QED) is 0.672. The van der Waals surface area contributed by atoms with Crippen molar-refractivity contribution in [1.82, 2.24) is 5.32 Å². The minimum absolute atomic E-state index is 0.104. The Kier molecular flexibility index (Phi) is 5.90. The number of nitrogens with one attached hydrogen (secondary N) is 1. The zero-order valence-electron chi connectivity index (χ0n) is 9.79. The fourth-order valence-corrected chi connectivity index (χ4v) is 2.21. The molecule has 0 rings (SSSR count). The van der Waals surface area contributed by atoms with Crippen LogP contribution in [0.3, 0.4) is 0 Å². The topological polar surface area (TPSA) is 72.2 Å². The highest BCUT2D eigenvalue weighted by molar-refractivity contribution is 8.01. The maximum Gasteiger partial charge on any atom is 0.235 e. The summed E-state index contributed by atoms with van der Waals surface area (Å²) in [7, 11) is 0. The number of nitrogens with two attached hydrogens (primary N) is 1. The molecule has 4 nitrogen and oxygen atoms in total. The van der Waals surface area contributed by atoms with E-state index >= 15 is 0 Å². The molecule has 1 atom stereocenters. The van der Waals surface area contributed by atoms with E-state index in [1.54, 1.807) is 0 Å². The predicted octanol–water partition coefficient (Wildman–Crippen LogP) is 0.551. The van der Waals surface area contributed by atoms with Gasteiger partial charge in [-0.3, -0.25) is 9.59 Å². The Morgan fingerprint density at radius 1 is 1.47 bits per heavy atom. The van der Waals surface area contributed by atoms with Crippen LogP contribution in [0.15, 0.2) is 0 Å². The van der Waals surface area contributed by atoms with E-state index in [2.05, 4.69) is 5.32 Å². The summed E-state index contributed by atoms with van der Waals surface area (Å²) in [4.78, 5) is 22.1. The van der Waals surface area contributed by atoms with E-state index in [-0.39, 0.29) is 16.4 Å². The minimum atomic E-state index is -0.410. The van der Waals surface area contributed by atoms with Crippen molar-refractivity contribution in [2.75, 3.05) is 12.3 Å². The summed E-state index contributed by atoms with van der Waals surface area (Å²) in [5.41, 5.74) is 5.32. The lowest BCUT2D eigenvalue weighted by molar-refractivity contribution is -0.120. The number of ketones is 1. The van der Waals surface area contributed by atoms with E-state index < -0.39 is 6.04 Å². The molecule has 0 aromatic carbocycles. The molecule has 0 spiro atoms. The van der Waals surface area contributed by atoms with Crippen molar-refractivity contribution in [3.8, 4) is 0 Å². The second kappa shape index (κ2) is 6.12. The molecule has 0 fully saturated rings. The van der Waals surface area contributed by atoms with Gasteiger partial charge in [-0.15, -0.1) is 11.8 Å². The first-order valence-electron chi connectivity index (χ1n) is 4.97. The number of amides is 1. The average Bonchev–Trinajstić information content (AvgIpc) is 2.10. The fourth-order valence-electron chi connectivity index (χ4n) is 1.26. The van der Waals surface area contributed by atoms with Crippen molar-refractivity contribution < 1.29 is 9.59 Å². The van der Waals surface area contributed by atoms with E-state index in [1.165, 1.54) is 18.7 Å². The number of Topliss-reactive ketones (excluding diaryl/α,β-unsaturated/α-hetero) is 1. The molecular weight excluding hydrogens is 212 g/mol. The van der Waals surface area contributed by atoms with Crippen molar-refractivity contribution in [3.63, 3.8) is 0 Å². The molecule has 0 bridgehead atoms. The van der Waals surface area contributed by atoms with Crippen LogP contribution in [0.2, 0.25) is 0 Å². The van der Waals surface area contributed by atoms with E-state index in [9.17, 15) is 9.59 Å². The highest BCUT2D eigenvalue weighted by atomic mass is 32.2. The van der Waals surface area contributed by atoms with Gasteiger partial charge in [0.25, 0.3) is 0 Å². The van der Waals surface area contributed by atoms with Gasteiger partial charge in [0, 0.05) is 4.75 Å².